The van der Waals surface area contributed by atoms with Crippen LogP contribution in [0, 0.1) is 5.82 Å². The van der Waals surface area contributed by atoms with Crippen molar-refractivity contribution < 1.29 is 12.8 Å². The first-order valence-corrected chi connectivity index (χ1v) is 9.07. The van der Waals surface area contributed by atoms with Crippen molar-refractivity contribution >= 4 is 54.6 Å². The van der Waals surface area contributed by atoms with Crippen LogP contribution in [0.2, 0.25) is 5.02 Å². The van der Waals surface area contributed by atoms with Gasteiger partial charge in [-0.1, -0.05) is 11.6 Å². The molecule has 0 aliphatic carbocycles. The van der Waals surface area contributed by atoms with E-state index >= 15 is 0 Å². The zero-order valence-electron chi connectivity index (χ0n) is 10.7. The first kappa shape index (κ1) is 16.6. The Bertz CT molecular complexity index is 768. The Morgan fingerprint density at radius 2 is 2.24 bits per heavy atom. The van der Waals surface area contributed by atoms with Crippen LogP contribution in [0.25, 0.3) is 0 Å². The maximum Gasteiger partial charge on any atom is 0.246 e. The predicted octanol–water partition coefficient (Wildman–Crippen LogP) is 3.10. The van der Waals surface area contributed by atoms with E-state index in [1.54, 1.807) is 10.9 Å². The summed E-state index contributed by atoms with van der Waals surface area (Å²) in [5.74, 6) is -1.03. The van der Waals surface area contributed by atoms with Gasteiger partial charge in [0.05, 0.1) is 32.9 Å². The van der Waals surface area contributed by atoms with Crippen molar-refractivity contribution in [1.29, 1.82) is 0 Å². The quantitative estimate of drug-likeness (QED) is 0.616. The van der Waals surface area contributed by atoms with Crippen LogP contribution in [-0.2, 0) is 16.6 Å². The summed E-state index contributed by atoms with van der Waals surface area (Å²) in [7, 11) is -2.74. The Kier molecular flexibility index (Phi) is 4.89. The summed E-state index contributed by atoms with van der Waals surface area (Å²) in [4.78, 5) is 3.43. The van der Waals surface area contributed by atoms with Crippen molar-refractivity contribution in [1.82, 2.24) is 9.29 Å². The number of nitrogens with two attached hydrogens (primary N) is 1. The number of aromatic nitrogens is 1. The molecular weight excluding hydrogens is 405 g/mol. The molecule has 114 valence electrons. The second kappa shape index (κ2) is 6.17. The molecule has 0 aliphatic heterocycles. The van der Waals surface area contributed by atoms with Crippen LogP contribution in [0.5, 0.6) is 0 Å². The minimum atomic E-state index is -4.07. The van der Waals surface area contributed by atoms with Crippen molar-refractivity contribution in [3.8, 4) is 0 Å². The molecule has 2 rings (SSSR count). The predicted molar refractivity (Wildman–Crippen MR) is 84.3 cm³/mol. The van der Waals surface area contributed by atoms with Gasteiger partial charge in [0.1, 0.15) is 4.90 Å². The van der Waals surface area contributed by atoms with Crippen molar-refractivity contribution in [2.75, 3.05) is 12.8 Å². The molecule has 1 aromatic carbocycles. The minimum Gasteiger partial charge on any atom is -0.395 e. The molecule has 0 fully saturated rings. The Morgan fingerprint density at radius 1 is 1.57 bits per heavy atom. The van der Waals surface area contributed by atoms with Gasteiger partial charge < -0.3 is 5.73 Å². The van der Waals surface area contributed by atoms with Gasteiger partial charge in [-0.15, -0.1) is 11.3 Å². The number of thiazole rings is 1. The number of hydrogen-bond acceptors (Lipinski definition) is 5. The van der Waals surface area contributed by atoms with E-state index in [0.717, 1.165) is 10.4 Å². The molecule has 2 aromatic rings. The summed E-state index contributed by atoms with van der Waals surface area (Å²) >= 11 is 10.2. The summed E-state index contributed by atoms with van der Waals surface area (Å²) < 4.78 is 40.1. The van der Waals surface area contributed by atoms with Gasteiger partial charge in [-0.05, 0) is 22.0 Å². The highest BCUT2D eigenvalue weighted by atomic mass is 79.9. The van der Waals surface area contributed by atoms with E-state index in [4.69, 9.17) is 17.3 Å². The number of hydrogen-bond donors (Lipinski definition) is 1. The van der Waals surface area contributed by atoms with Crippen LogP contribution in [0.4, 0.5) is 10.1 Å². The van der Waals surface area contributed by atoms with Gasteiger partial charge in [-0.2, -0.15) is 4.31 Å². The molecule has 0 saturated carbocycles. The van der Waals surface area contributed by atoms with E-state index in [0.29, 0.717) is 5.69 Å². The number of nitrogens with zero attached hydrogens (tertiary/aromatic N) is 2. The van der Waals surface area contributed by atoms with E-state index in [2.05, 4.69) is 20.9 Å². The topological polar surface area (TPSA) is 76.3 Å². The van der Waals surface area contributed by atoms with Crippen LogP contribution >= 0.6 is 38.9 Å². The number of anilines is 1. The molecule has 5 nitrogen and oxygen atoms in total. The standard InChI is InChI=1S/C11H10BrClFN3O2S2/c1-17(3-6-4-20-5-16-6)21(18,19)8-2-7(13)9(12)11(15)10(8)14/h2,4-5H,3,15H2,1H3. The number of rotatable bonds is 4. The van der Waals surface area contributed by atoms with E-state index in [-0.39, 0.29) is 21.7 Å². The molecule has 0 aliphatic rings. The third kappa shape index (κ3) is 3.21. The Labute approximate surface area is 138 Å². The zero-order valence-corrected chi connectivity index (χ0v) is 14.7. The summed E-state index contributed by atoms with van der Waals surface area (Å²) in [5, 5.41) is 1.74. The number of benzene rings is 1. The Morgan fingerprint density at radius 3 is 2.81 bits per heavy atom. The summed E-state index contributed by atoms with van der Waals surface area (Å²) in [6, 6.07) is 1.03. The highest BCUT2D eigenvalue weighted by molar-refractivity contribution is 9.10. The average molecular weight is 415 g/mol. The monoisotopic (exact) mass is 413 g/mol. The second-order valence-corrected chi connectivity index (χ2v) is 8.07. The molecule has 0 radical (unpaired) electrons. The Hall–Kier alpha value is -0.740. The molecule has 10 heteroatoms. The SMILES string of the molecule is CN(Cc1cscn1)S(=O)(=O)c1cc(Cl)c(Br)c(N)c1F. The highest BCUT2D eigenvalue weighted by Gasteiger charge is 2.28. The fourth-order valence-corrected chi connectivity index (χ4v) is 3.94. The minimum absolute atomic E-state index is 0.0227. The van der Waals surface area contributed by atoms with Gasteiger partial charge >= 0.3 is 0 Å². The fraction of sp³-hybridized carbons (Fsp3) is 0.182. The molecule has 0 saturated heterocycles. The van der Waals surface area contributed by atoms with Gasteiger partial charge in [0.2, 0.25) is 10.0 Å². The normalized spacial score (nSPS) is 12.0. The molecule has 0 amide bonds. The molecule has 0 unspecified atom stereocenters. The van der Waals surface area contributed by atoms with Crippen LogP contribution in [0.15, 0.2) is 26.3 Å². The molecule has 0 atom stereocenters. The van der Waals surface area contributed by atoms with E-state index in [9.17, 15) is 12.8 Å². The summed E-state index contributed by atoms with van der Waals surface area (Å²) in [5.41, 5.74) is 7.33. The summed E-state index contributed by atoms with van der Waals surface area (Å²) in [6.45, 7) is 0.0266. The third-order valence-corrected chi connectivity index (χ3v) is 6.53. The second-order valence-electron chi connectivity index (χ2n) is 4.14. The van der Waals surface area contributed by atoms with Gasteiger partial charge in [0, 0.05) is 12.4 Å². The summed E-state index contributed by atoms with van der Waals surface area (Å²) in [6.07, 6.45) is 0. The largest absolute Gasteiger partial charge is 0.395 e. The van der Waals surface area contributed by atoms with Gasteiger partial charge in [0.15, 0.2) is 5.82 Å². The first-order valence-electron chi connectivity index (χ1n) is 5.51. The molecule has 2 N–H and O–H groups in total. The molecule has 0 spiro atoms. The lowest BCUT2D eigenvalue weighted by molar-refractivity contribution is 0.457. The van der Waals surface area contributed by atoms with Gasteiger partial charge in [-0.25, -0.2) is 17.8 Å². The smallest absolute Gasteiger partial charge is 0.246 e. The number of halogens is 3. The number of sulfonamides is 1. The first-order chi connectivity index (χ1) is 9.75. The fourth-order valence-electron chi connectivity index (χ4n) is 1.58. The highest BCUT2D eigenvalue weighted by Crippen LogP contribution is 2.35. The van der Waals surface area contributed by atoms with E-state index < -0.39 is 20.7 Å². The molecule has 21 heavy (non-hydrogen) atoms. The Balaban J connectivity index is 2.44. The van der Waals surface area contributed by atoms with Crippen molar-refractivity contribution in [2.45, 2.75) is 11.4 Å². The van der Waals surface area contributed by atoms with Crippen LogP contribution < -0.4 is 5.73 Å². The van der Waals surface area contributed by atoms with Crippen molar-refractivity contribution in [3.63, 3.8) is 0 Å². The van der Waals surface area contributed by atoms with E-state index in [1.165, 1.54) is 18.4 Å². The van der Waals surface area contributed by atoms with Gasteiger partial charge in [-0.3, -0.25) is 0 Å². The third-order valence-electron chi connectivity index (χ3n) is 2.71. The molecule has 0 bridgehead atoms. The molecule has 1 aromatic heterocycles. The lowest BCUT2D eigenvalue weighted by Gasteiger charge is -2.18. The lowest BCUT2D eigenvalue weighted by atomic mass is 10.3. The number of nitrogen functional groups attached to an aromatic ring is 1. The van der Waals surface area contributed by atoms with Crippen LogP contribution in [-0.4, -0.2) is 24.8 Å². The molecule has 1 heterocycles. The van der Waals surface area contributed by atoms with Gasteiger partial charge in [0.25, 0.3) is 0 Å². The average Bonchev–Trinajstić information content (AvgIpc) is 2.93. The maximum atomic E-state index is 14.1. The lowest BCUT2D eigenvalue weighted by Crippen LogP contribution is -2.27. The van der Waals surface area contributed by atoms with Crippen LogP contribution in [0.1, 0.15) is 5.69 Å². The zero-order chi connectivity index (χ0) is 15.8. The maximum absolute atomic E-state index is 14.1. The van der Waals surface area contributed by atoms with Crippen molar-refractivity contribution in [3.05, 3.63) is 38.0 Å². The van der Waals surface area contributed by atoms with Crippen LogP contribution in [0.3, 0.4) is 0 Å². The molecular formula is C11H10BrClFN3O2S2. The van der Waals surface area contributed by atoms with E-state index in [1.807, 2.05) is 0 Å². The van der Waals surface area contributed by atoms with Crippen molar-refractivity contribution in [2.24, 2.45) is 0 Å².